The van der Waals surface area contributed by atoms with Crippen molar-refractivity contribution in [2.75, 3.05) is 25.0 Å². The van der Waals surface area contributed by atoms with E-state index in [4.69, 9.17) is 0 Å². The second kappa shape index (κ2) is 8.45. The van der Waals surface area contributed by atoms with Crippen LogP contribution in [0.2, 0.25) is 0 Å². The van der Waals surface area contributed by atoms with Crippen LogP contribution in [0.4, 0.5) is 5.69 Å². The minimum atomic E-state index is -0.188. The van der Waals surface area contributed by atoms with E-state index in [1.54, 1.807) is 0 Å². The first-order chi connectivity index (χ1) is 13.7. The van der Waals surface area contributed by atoms with Crippen LogP contribution < -0.4 is 10.6 Å². The van der Waals surface area contributed by atoms with Gasteiger partial charge in [-0.05, 0) is 60.2 Å². The van der Waals surface area contributed by atoms with Gasteiger partial charge in [-0.1, -0.05) is 25.1 Å². The summed E-state index contributed by atoms with van der Waals surface area (Å²) in [7, 11) is 0. The maximum absolute atomic E-state index is 12.5. The van der Waals surface area contributed by atoms with E-state index in [0.717, 1.165) is 30.6 Å². The Morgan fingerprint density at radius 2 is 2.00 bits per heavy atom. The molecule has 1 aromatic carbocycles. The molecule has 2 aromatic rings. The maximum Gasteiger partial charge on any atom is 0.243 e. The van der Waals surface area contributed by atoms with Crippen LogP contribution in [0.15, 0.2) is 35.7 Å². The van der Waals surface area contributed by atoms with Crippen molar-refractivity contribution in [3.8, 4) is 0 Å². The van der Waals surface area contributed by atoms with Gasteiger partial charge in [0.05, 0.1) is 13.1 Å². The third-order valence-electron chi connectivity index (χ3n) is 5.65. The van der Waals surface area contributed by atoms with Crippen molar-refractivity contribution in [1.29, 1.82) is 0 Å². The van der Waals surface area contributed by atoms with Crippen molar-refractivity contribution < 1.29 is 9.59 Å². The zero-order valence-electron chi connectivity index (χ0n) is 16.2. The molecule has 2 N–H and O–H groups in total. The van der Waals surface area contributed by atoms with Gasteiger partial charge < -0.3 is 10.6 Å². The summed E-state index contributed by atoms with van der Waals surface area (Å²) in [4.78, 5) is 28.5. The highest BCUT2D eigenvalue weighted by molar-refractivity contribution is 7.10. The molecule has 1 saturated carbocycles. The number of benzene rings is 1. The quantitative estimate of drug-likeness (QED) is 0.753. The van der Waals surface area contributed by atoms with E-state index >= 15 is 0 Å². The average Bonchev–Trinajstić information content (AvgIpc) is 3.42. The SMILES string of the molecule is CCc1ccccc1NC(=O)CNC(=O)CN1CCc2sccc2[C@H]1C1CC1. The highest BCUT2D eigenvalue weighted by Crippen LogP contribution is 2.48. The fourth-order valence-electron chi connectivity index (χ4n) is 4.10. The Hall–Kier alpha value is -2.18. The molecule has 0 bridgehead atoms. The Bertz CT molecular complexity index is 859. The van der Waals surface area contributed by atoms with Crippen LogP contribution in [-0.2, 0) is 22.4 Å². The van der Waals surface area contributed by atoms with Crippen molar-refractivity contribution in [1.82, 2.24) is 10.2 Å². The van der Waals surface area contributed by atoms with Gasteiger partial charge in [0.1, 0.15) is 0 Å². The van der Waals surface area contributed by atoms with Crippen molar-refractivity contribution in [3.05, 3.63) is 51.7 Å². The van der Waals surface area contributed by atoms with Gasteiger partial charge in [0.25, 0.3) is 0 Å². The lowest BCUT2D eigenvalue weighted by molar-refractivity contribution is -0.125. The van der Waals surface area contributed by atoms with E-state index in [0.29, 0.717) is 18.5 Å². The number of hydrogen-bond acceptors (Lipinski definition) is 4. The molecule has 2 heterocycles. The number of thiophene rings is 1. The van der Waals surface area contributed by atoms with Crippen molar-refractivity contribution >= 4 is 28.8 Å². The summed E-state index contributed by atoms with van der Waals surface area (Å²) in [6.45, 7) is 3.33. The molecule has 1 atom stereocenters. The molecule has 5 nitrogen and oxygen atoms in total. The molecule has 148 valence electrons. The average molecular weight is 398 g/mol. The monoisotopic (exact) mass is 397 g/mol. The third-order valence-corrected chi connectivity index (χ3v) is 6.65. The van der Waals surface area contributed by atoms with Crippen molar-refractivity contribution in [2.45, 2.75) is 38.6 Å². The Morgan fingerprint density at radius 3 is 2.79 bits per heavy atom. The second-order valence-corrected chi connectivity index (χ2v) is 8.64. The third kappa shape index (κ3) is 4.28. The molecule has 1 fully saturated rings. The van der Waals surface area contributed by atoms with Gasteiger partial charge in [0.2, 0.25) is 11.8 Å². The number of nitrogens with one attached hydrogen (secondary N) is 2. The van der Waals surface area contributed by atoms with E-state index in [1.807, 2.05) is 35.6 Å². The van der Waals surface area contributed by atoms with Gasteiger partial charge >= 0.3 is 0 Å². The summed E-state index contributed by atoms with van der Waals surface area (Å²) in [5.41, 5.74) is 3.33. The molecule has 0 saturated heterocycles. The lowest BCUT2D eigenvalue weighted by Gasteiger charge is -2.35. The van der Waals surface area contributed by atoms with Gasteiger partial charge in [-0.25, -0.2) is 0 Å². The van der Waals surface area contributed by atoms with Crippen LogP contribution in [0.1, 0.15) is 41.8 Å². The maximum atomic E-state index is 12.5. The Balaban J connectivity index is 1.30. The van der Waals surface area contributed by atoms with Gasteiger partial charge in [-0.2, -0.15) is 0 Å². The molecule has 0 radical (unpaired) electrons. The van der Waals surface area contributed by atoms with Crippen LogP contribution in [0, 0.1) is 5.92 Å². The molecule has 6 heteroatoms. The summed E-state index contributed by atoms with van der Waals surface area (Å²) >= 11 is 1.83. The molecule has 4 rings (SSSR count). The van der Waals surface area contributed by atoms with Crippen LogP contribution >= 0.6 is 11.3 Å². The van der Waals surface area contributed by atoms with Crippen LogP contribution in [-0.4, -0.2) is 36.3 Å². The minimum absolute atomic E-state index is 0.00250. The summed E-state index contributed by atoms with van der Waals surface area (Å²) in [6, 6.07) is 10.4. The zero-order chi connectivity index (χ0) is 19.5. The largest absolute Gasteiger partial charge is 0.346 e. The normalized spacial score (nSPS) is 19.1. The first-order valence-corrected chi connectivity index (χ1v) is 11.0. The number of rotatable bonds is 7. The summed E-state index contributed by atoms with van der Waals surface area (Å²) in [5, 5.41) is 7.86. The topological polar surface area (TPSA) is 61.4 Å². The molecule has 0 unspecified atom stereocenters. The van der Waals surface area contributed by atoms with E-state index in [9.17, 15) is 9.59 Å². The molecule has 2 amide bonds. The van der Waals surface area contributed by atoms with E-state index in [1.165, 1.54) is 23.3 Å². The predicted octanol–water partition coefficient (Wildman–Crippen LogP) is 3.37. The summed E-state index contributed by atoms with van der Waals surface area (Å²) in [6.07, 6.45) is 4.36. The van der Waals surface area contributed by atoms with Gasteiger partial charge in [-0.3, -0.25) is 14.5 Å². The number of nitrogens with zero attached hydrogens (tertiary/aromatic N) is 1. The molecule has 0 spiro atoms. The molecular weight excluding hydrogens is 370 g/mol. The van der Waals surface area contributed by atoms with E-state index < -0.39 is 0 Å². The Labute approximate surface area is 170 Å². The smallest absolute Gasteiger partial charge is 0.243 e. The highest BCUT2D eigenvalue weighted by atomic mass is 32.1. The molecular formula is C22H27N3O2S. The number of carbonyl (C=O) groups excluding carboxylic acids is 2. The second-order valence-electron chi connectivity index (χ2n) is 7.64. The lowest BCUT2D eigenvalue weighted by atomic mass is 9.96. The van der Waals surface area contributed by atoms with Gasteiger partial charge in [0.15, 0.2) is 0 Å². The molecule has 1 aliphatic carbocycles. The van der Waals surface area contributed by atoms with Crippen LogP contribution in [0.5, 0.6) is 0 Å². The summed E-state index contributed by atoms with van der Waals surface area (Å²) in [5.74, 6) is 0.408. The highest BCUT2D eigenvalue weighted by Gasteiger charge is 2.40. The van der Waals surface area contributed by atoms with E-state index in [2.05, 4.69) is 33.9 Å². The fourth-order valence-corrected chi connectivity index (χ4v) is 5.02. The van der Waals surface area contributed by atoms with E-state index in [-0.39, 0.29) is 18.4 Å². The first kappa shape index (κ1) is 19.2. The first-order valence-electron chi connectivity index (χ1n) is 10.1. The zero-order valence-corrected chi connectivity index (χ0v) is 17.1. The van der Waals surface area contributed by atoms with Gasteiger partial charge in [0, 0.05) is 23.2 Å². The number of fused-ring (bicyclic) bond motifs is 1. The predicted molar refractivity (Wildman–Crippen MR) is 113 cm³/mol. The Kier molecular flexibility index (Phi) is 5.78. The Morgan fingerprint density at radius 1 is 1.18 bits per heavy atom. The van der Waals surface area contributed by atoms with Gasteiger partial charge in [-0.15, -0.1) is 11.3 Å². The molecule has 28 heavy (non-hydrogen) atoms. The summed E-state index contributed by atoms with van der Waals surface area (Å²) < 4.78 is 0. The van der Waals surface area contributed by atoms with Crippen LogP contribution in [0.3, 0.4) is 0 Å². The lowest BCUT2D eigenvalue weighted by Crippen LogP contribution is -2.44. The van der Waals surface area contributed by atoms with Crippen molar-refractivity contribution in [3.63, 3.8) is 0 Å². The van der Waals surface area contributed by atoms with Crippen LogP contribution in [0.25, 0.3) is 0 Å². The minimum Gasteiger partial charge on any atom is -0.346 e. The number of para-hydroxylation sites is 1. The number of carbonyl (C=O) groups is 2. The molecule has 2 aliphatic rings. The number of hydrogen-bond donors (Lipinski definition) is 2. The molecule has 1 aromatic heterocycles. The fraction of sp³-hybridized carbons (Fsp3) is 0.455. The van der Waals surface area contributed by atoms with Crippen molar-refractivity contribution in [2.24, 2.45) is 5.92 Å². The number of anilines is 1. The number of aryl methyl sites for hydroxylation is 1. The standard InChI is InChI=1S/C22H27N3O2S/c1-2-15-5-3-4-6-18(15)24-20(26)13-23-21(27)14-25-11-9-19-17(10-12-28-19)22(25)16-7-8-16/h3-6,10,12,16,22H,2,7-9,11,13-14H2,1H3,(H,23,27)(H,24,26)/t22-/m1/s1. The molecule has 1 aliphatic heterocycles. The number of amides is 2.